The third-order valence-corrected chi connectivity index (χ3v) is 9.95. The van der Waals surface area contributed by atoms with Gasteiger partial charge < -0.3 is 14.2 Å². The lowest BCUT2D eigenvalue weighted by Crippen LogP contribution is -2.38. The Balaban J connectivity index is 1.16. The monoisotopic (exact) mass is 525 g/mol. The molecule has 2 fully saturated rings. The van der Waals surface area contributed by atoms with Crippen LogP contribution in [0.25, 0.3) is 21.3 Å². The van der Waals surface area contributed by atoms with Crippen molar-refractivity contribution < 1.29 is 17.7 Å². The Kier molecular flexibility index (Phi) is 5.91. The molecule has 0 unspecified atom stereocenters. The Labute approximate surface area is 213 Å². The van der Waals surface area contributed by atoms with Gasteiger partial charge in [-0.3, -0.25) is 0 Å². The lowest BCUT2D eigenvalue weighted by Gasteiger charge is -2.30. The zero-order chi connectivity index (χ0) is 24.9. The van der Waals surface area contributed by atoms with Crippen molar-refractivity contribution >= 4 is 37.4 Å². The predicted octanol–water partition coefficient (Wildman–Crippen LogP) is 4.85. The maximum Gasteiger partial charge on any atom is 0.324 e. The normalized spacial score (nSPS) is 17.2. The number of fused-ring (bicyclic) bond motifs is 1. The summed E-state index contributed by atoms with van der Waals surface area (Å²) in [5, 5.41) is 5.88. The highest BCUT2D eigenvalue weighted by atomic mass is 32.2. The van der Waals surface area contributed by atoms with Crippen LogP contribution in [0, 0.1) is 0 Å². The van der Waals surface area contributed by atoms with Gasteiger partial charge in [0.2, 0.25) is 5.88 Å². The van der Waals surface area contributed by atoms with Crippen LogP contribution in [0.5, 0.6) is 5.88 Å². The van der Waals surface area contributed by atoms with Gasteiger partial charge in [-0.05, 0) is 30.5 Å². The van der Waals surface area contributed by atoms with Crippen molar-refractivity contribution in [1.82, 2.24) is 20.1 Å². The van der Waals surface area contributed by atoms with Gasteiger partial charge in [0.05, 0.1) is 15.7 Å². The SMILES string of the molecule is CC(C)c1noc(N2CCC(Oc3ncnc4c(-c5ccc(S(=O)(=O)C6CC6)cc5)csc34)CC2)n1. The van der Waals surface area contributed by atoms with Crippen LogP contribution >= 0.6 is 11.3 Å². The van der Waals surface area contributed by atoms with Crippen molar-refractivity contribution in [1.29, 1.82) is 0 Å². The highest BCUT2D eigenvalue weighted by Gasteiger charge is 2.36. The first kappa shape index (κ1) is 23.4. The quantitative estimate of drug-likeness (QED) is 0.334. The largest absolute Gasteiger partial charge is 0.473 e. The molecular formula is C25H27N5O4S2. The lowest BCUT2D eigenvalue weighted by atomic mass is 10.1. The minimum absolute atomic E-state index is 0.0318. The van der Waals surface area contributed by atoms with E-state index in [1.807, 2.05) is 31.4 Å². The maximum absolute atomic E-state index is 12.5. The van der Waals surface area contributed by atoms with Gasteiger partial charge in [-0.15, -0.1) is 11.3 Å². The van der Waals surface area contributed by atoms with Crippen LogP contribution in [-0.2, 0) is 9.84 Å². The summed E-state index contributed by atoms with van der Waals surface area (Å²) in [5.41, 5.74) is 2.69. The molecular weight excluding hydrogens is 498 g/mol. The Morgan fingerprint density at radius 1 is 1.08 bits per heavy atom. The zero-order valence-corrected chi connectivity index (χ0v) is 21.8. The van der Waals surface area contributed by atoms with Crippen LogP contribution in [0.15, 0.2) is 45.4 Å². The van der Waals surface area contributed by atoms with Gasteiger partial charge in [0.1, 0.15) is 17.1 Å². The van der Waals surface area contributed by atoms with Gasteiger partial charge in [-0.25, -0.2) is 18.4 Å². The summed E-state index contributed by atoms with van der Waals surface area (Å²) in [4.78, 5) is 15.9. The average Bonchev–Trinajstić information content (AvgIpc) is 3.47. The molecule has 0 radical (unpaired) electrons. The molecule has 4 heterocycles. The molecule has 36 heavy (non-hydrogen) atoms. The number of thiophene rings is 1. The lowest BCUT2D eigenvalue weighted by molar-refractivity contribution is 0.164. The van der Waals surface area contributed by atoms with Gasteiger partial charge in [0.25, 0.3) is 0 Å². The smallest absolute Gasteiger partial charge is 0.324 e. The second-order valence-electron chi connectivity index (χ2n) is 9.67. The zero-order valence-electron chi connectivity index (χ0n) is 20.1. The number of hydrogen-bond acceptors (Lipinski definition) is 10. The maximum atomic E-state index is 12.5. The summed E-state index contributed by atoms with van der Waals surface area (Å²) in [6, 6.07) is 7.69. The van der Waals surface area contributed by atoms with Crippen LogP contribution < -0.4 is 9.64 Å². The summed E-state index contributed by atoms with van der Waals surface area (Å²) < 4.78 is 37.7. The molecule has 0 bridgehead atoms. The number of piperidine rings is 1. The standard InChI is InChI=1S/C25H27N5O4S2/c1-15(2)23-28-25(34-29-23)30-11-9-17(10-12-30)33-24-22-21(26-14-27-24)20(13-35-22)16-3-5-18(6-4-16)36(31,32)19-7-8-19/h3-6,13-15,17,19H,7-12H2,1-2H3. The van der Waals surface area contributed by atoms with E-state index in [-0.39, 0.29) is 17.3 Å². The summed E-state index contributed by atoms with van der Waals surface area (Å²) in [6.07, 6.45) is 4.72. The second kappa shape index (κ2) is 9.11. The fourth-order valence-electron chi connectivity index (χ4n) is 4.43. The van der Waals surface area contributed by atoms with E-state index in [4.69, 9.17) is 9.26 Å². The first-order valence-electron chi connectivity index (χ1n) is 12.2. The summed E-state index contributed by atoms with van der Waals surface area (Å²) in [7, 11) is -3.20. The van der Waals surface area contributed by atoms with E-state index in [2.05, 4.69) is 25.0 Å². The first-order valence-corrected chi connectivity index (χ1v) is 14.6. The van der Waals surface area contributed by atoms with E-state index in [0.717, 1.165) is 65.9 Å². The number of ether oxygens (including phenoxy) is 1. The molecule has 1 saturated carbocycles. The number of hydrogen-bond donors (Lipinski definition) is 0. The molecule has 2 aliphatic rings. The van der Waals surface area contributed by atoms with E-state index in [0.29, 0.717) is 16.8 Å². The fraction of sp³-hybridized carbons (Fsp3) is 0.440. The van der Waals surface area contributed by atoms with Crippen LogP contribution in [0.3, 0.4) is 0 Å². The summed E-state index contributed by atoms with van der Waals surface area (Å²) in [5.74, 6) is 1.54. The third-order valence-electron chi connectivity index (χ3n) is 6.72. The third kappa shape index (κ3) is 4.34. The van der Waals surface area contributed by atoms with Crippen LogP contribution in [0.4, 0.5) is 6.01 Å². The van der Waals surface area contributed by atoms with Crippen molar-refractivity contribution in [2.75, 3.05) is 18.0 Å². The van der Waals surface area contributed by atoms with Crippen LogP contribution in [-0.4, -0.2) is 53.0 Å². The van der Waals surface area contributed by atoms with E-state index in [1.165, 1.54) is 17.7 Å². The number of anilines is 1. The van der Waals surface area contributed by atoms with Crippen molar-refractivity contribution in [3.63, 3.8) is 0 Å². The molecule has 4 aromatic rings. The topological polar surface area (TPSA) is 111 Å². The van der Waals surface area contributed by atoms with E-state index in [9.17, 15) is 8.42 Å². The second-order valence-corrected chi connectivity index (χ2v) is 12.8. The molecule has 188 valence electrons. The van der Waals surface area contributed by atoms with E-state index >= 15 is 0 Å². The number of benzene rings is 1. The Bertz CT molecular complexity index is 1480. The van der Waals surface area contributed by atoms with Gasteiger partial charge in [-0.1, -0.05) is 31.1 Å². The predicted molar refractivity (Wildman–Crippen MR) is 137 cm³/mol. The van der Waals surface area contributed by atoms with Gasteiger partial charge in [-0.2, -0.15) is 4.98 Å². The van der Waals surface area contributed by atoms with Crippen molar-refractivity contribution in [2.45, 2.75) is 61.7 Å². The number of sulfone groups is 1. The summed E-state index contributed by atoms with van der Waals surface area (Å²) in [6.45, 7) is 5.62. The van der Waals surface area contributed by atoms with Crippen LogP contribution in [0.1, 0.15) is 51.3 Å². The molecule has 0 atom stereocenters. The number of aromatic nitrogens is 4. The molecule has 11 heteroatoms. The highest BCUT2D eigenvalue weighted by molar-refractivity contribution is 7.92. The van der Waals surface area contributed by atoms with Gasteiger partial charge >= 0.3 is 6.01 Å². The van der Waals surface area contributed by atoms with Crippen molar-refractivity contribution in [3.8, 4) is 17.0 Å². The molecule has 3 aromatic heterocycles. The van der Waals surface area contributed by atoms with Crippen molar-refractivity contribution in [2.24, 2.45) is 0 Å². The van der Waals surface area contributed by atoms with Gasteiger partial charge in [0.15, 0.2) is 15.7 Å². The minimum atomic E-state index is -3.20. The molecule has 0 amide bonds. The van der Waals surface area contributed by atoms with Crippen molar-refractivity contribution in [3.05, 3.63) is 41.8 Å². The number of nitrogens with zero attached hydrogens (tertiary/aromatic N) is 5. The summed E-state index contributed by atoms with van der Waals surface area (Å²) >= 11 is 1.54. The Hall–Kier alpha value is -3.05. The molecule has 1 aliphatic heterocycles. The molecule has 9 nitrogen and oxygen atoms in total. The molecule has 6 rings (SSSR count). The highest BCUT2D eigenvalue weighted by Crippen LogP contribution is 2.39. The molecule has 1 aliphatic carbocycles. The molecule has 1 saturated heterocycles. The van der Waals surface area contributed by atoms with Gasteiger partial charge in [0, 0.05) is 42.8 Å². The van der Waals surface area contributed by atoms with Crippen LogP contribution in [0.2, 0.25) is 0 Å². The fourth-order valence-corrected chi connectivity index (χ4v) is 7.04. The minimum Gasteiger partial charge on any atom is -0.473 e. The Morgan fingerprint density at radius 3 is 2.50 bits per heavy atom. The van der Waals surface area contributed by atoms with E-state index < -0.39 is 9.84 Å². The van der Waals surface area contributed by atoms with E-state index in [1.54, 1.807) is 12.1 Å². The Morgan fingerprint density at radius 2 is 1.83 bits per heavy atom. The molecule has 1 aromatic carbocycles. The number of rotatable bonds is 7. The first-order chi connectivity index (χ1) is 17.4. The average molecular weight is 526 g/mol. The molecule has 0 spiro atoms. The molecule has 0 N–H and O–H groups in total.